The molecular weight excluding hydrogens is 285 g/mol. The second-order valence-electron chi connectivity index (χ2n) is 5.49. The standard InChI is InChI=1S/C16H20FN3O2/c1-10(6-16(22)18-2)20(3)9-12-8-15(21)13-7-11(17)4-5-14(13)19-12/h4-5,7-8,10H,6,9H2,1-3H3,(H,18,22)(H,19,21)/t10-/m1/s1. The molecule has 0 aliphatic heterocycles. The summed E-state index contributed by atoms with van der Waals surface area (Å²) in [6.45, 7) is 2.45. The highest BCUT2D eigenvalue weighted by atomic mass is 19.1. The number of halogens is 1. The maximum absolute atomic E-state index is 13.2. The summed E-state index contributed by atoms with van der Waals surface area (Å²) in [4.78, 5) is 28.6. The fourth-order valence-corrected chi connectivity index (χ4v) is 2.31. The molecule has 1 heterocycles. The minimum atomic E-state index is -0.429. The van der Waals surface area contributed by atoms with E-state index in [1.165, 1.54) is 18.2 Å². The molecule has 0 radical (unpaired) electrons. The molecular formula is C16H20FN3O2. The molecule has 1 atom stereocenters. The fourth-order valence-electron chi connectivity index (χ4n) is 2.31. The van der Waals surface area contributed by atoms with Gasteiger partial charge in [0.25, 0.3) is 0 Å². The van der Waals surface area contributed by atoms with Crippen molar-refractivity contribution in [2.24, 2.45) is 0 Å². The summed E-state index contributed by atoms with van der Waals surface area (Å²) in [5, 5.41) is 2.93. The van der Waals surface area contributed by atoms with E-state index in [1.54, 1.807) is 13.1 Å². The summed E-state index contributed by atoms with van der Waals surface area (Å²) >= 11 is 0. The topological polar surface area (TPSA) is 65.2 Å². The van der Waals surface area contributed by atoms with Gasteiger partial charge in [0, 0.05) is 48.7 Å². The maximum atomic E-state index is 13.2. The van der Waals surface area contributed by atoms with Gasteiger partial charge in [0.15, 0.2) is 5.43 Å². The molecule has 0 saturated carbocycles. The molecule has 0 bridgehead atoms. The van der Waals surface area contributed by atoms with Crippen LogP contribution < -0.4 is 10.7 Å². The van der Waals surface area contributed by atoms with Gasteiger partial charge in [-0.3, -0.25) is 14.5 Å². The number of hydrogen-bond acceptors (Lipinski definition) is 3. The Balaban J connectivity index is 2.19. The van der Waals surface area contributed by atoms with Crippen molar-refractivity contribution in [2.45, 2.75) is 25.9 Å². The lowest BCUT2D eigenvalue weighted by molar-refractivity contribution is -0.121. The number of aromatic nitrogens is 1. The summed E-state index contributed by atoms with van der Waals surface area (Å²) < 4.78 is 13.2. The first-order valence-corrected chi connectivity index (χ1v) is 7.13. The Morgan fingerprint density at radius 2 is 2.14 bits per heavy atom. The molecule has 2 aromatic rings. The molecule has 2 rings (SSSR count). The first-order valence-electron chi connectivity index (χ1n) is 7.13. The highest BCUT2D eigenvalue weighted by Gasteiger charge is 2.14. The van der Waals surface area contributed by atoms with Gasteiger partial charge in [-0.25, -0.2) is 4.39 Å². The monoisotopic (exact) mass is 305 g/mol. The van der Waals surface area contributed by atoms with Crippen LogP contribution in [-0.4, -0.2) is 35.9 Å². The summed E-state index contributed by atoms with van der Waals surface area (Å²) in [6.07, 6.45) is 0.385. The number of carbonyl (C=O) groups is 1. The predicted molar refractivity (Wildman–Crippen MR) is 84.1 cm³/mol. The van der Waals surface area contributed by atoms with Gasteiger partial charge in [-0.2, -0.15) is 0 Å². The van der Waals surface area contributed by atoms with Gasteiger partial charge in [0.1, 0.15) is 5.82 Å². The van der Waals surface area contributed by atoms with Crippen LogP contribution in [0.4, 0.5) is 4.39 Å². The Labute approximate surface area is 128 Å². The predicted octanol–water partition coefficient (Wildman–Crippen LogP) is 1.62. The zero-order valence-corrected chi connectivity index (χ0v) is 12.9. The van der Waals surface area contributed by atoms with E-state index in [4.69, 9.17) is 0 Å². The van der Waals surface area contributed by atoms with Crippen LogP contribution >= 0.6 is 0 Å². The van der Waals surface area contributed by atoms with E-state index in [0.717, 1.165) is 5.69 Å². The Bertz CT molecular complexity index is 742. The third-order valence-corrected chi connectivity index (χ3v) is 3.78. The number of nitrogens with zero attached hydrogens (tertiary/aromatic N) is 1. The van der Waals surface area contributed by atoms with Crippen LogP contribution in [0.1, 0.15) is 19.0 Å². The van der Waals surface area contributed by atoms with Crippen molar-refractivity contribution < 1.29 is 9.18 Å². The van der Waals surface area contributed by atoms with E-state index in [-0.39, 0.29) is 17.4 Å². The number of carbonyl (C=O) groups excluding carboxylic acids is 1. The van der Waals surface area contributed by atoms with Crippen LogP contribution in [0.2, 0.25) is 0 Å². The van der Waals surface area contributed by atoms with Crippen molar-refractivity contribution in [3.8, 4) is 0 Å². The van der Waals surface area contributed by atoms with Crippen molar-refractivity contribution in [2.75, 3.05) is 14.1 Å². The van der Waals surface area contributed by atoms with Gasteiger partial charge in [-0.1, -0.05) is 0 Å². The lowest BCUT2D eigenvalue weighted by Gasteiger charge is -2.24. The first kappa shape index (κ1) is 16.2. The molecule has 5 nitrogen and oxygen atoms in total. The zero-order chi connectivity index (χ0) is 16.3. The normalized spacial score (nSPS) is 12.6. The number of nitrogens with one attached hydrogen (secondary N) is 2. The van der Waals surface area contributed by atoms with Crippen LogP contribution in [0.25, 0.3) is 10.9 Å². The molecule has 2 N–H and O–H groups in total. The van der Waals surface area contributed by atoms with E-state index in [2.05, 4.69) is 10.3 Å². The number of rotatable bonds is 5. The number of H-pyrrole nitrogens is 1. The lowest BCUT2D eigenvalue weighted by atomic mass is 10.1. The number of amides is 1. The number of aromatic amines is 1. The average molecular weight is 305 g/mol. The van der Waals surface area contributed by atoms with Gasteiger partial charge < -0.3 is 10.3 Å². The third-order valence-electron chi connectivity index (χ3n) is 3.78. The number of benzene rings is 1. The summed E-state index contributed by atoms with van der Waals surface area (Å²) in [7, 11) is 3.50. The summed E-state index contributed by atoms with van der Waals surface area (Å²) in [5.41, 5.74) is 1.13. The van der Waals surface area contributed by atoms with Crippen molar-refractivity contribution in [3.05, 3.63) is 46.0 Å². The fraction of sp³-hybridized carbons (Fsp3) is 0.375. The molecule has 22 heavy (non-hydrogen) atoms. The number of fused-ring (bicyclic) bond motifs is 1. The first-order chi connectivity index (χ1) is 10.4. The smallest absolute Gasteiger partial charge is 0.221 e. The Morgan fingerprint density at radius 1 is 1.41 bits per heavy atom. The molecule has 1 aromatic carbocycles. The van der Waals surface area contributed by atoms with Crippen molar-refractivity contribution >= 4 is 16.8 Å². The molecule has 118 valence electrons. The molecule has 0 aliphatic carbocycles. The summed E-state index contributed by atoms with van der Waals surface area (Å²) in [5.74, 6) is -0.455. The van der Waals surface area contributed by atoms with Crippen molar-refractivity contribution in [3.63, 3.8) is 0 Å². The molecule has 0 spiro atoms. The minimum Gasteiger partial charge on any atom is -0.359 e. The lowest BCUT2D eigenvalue weighted by Crippen LogP contribution is -2.34. The van der Waals surface area contributed by atoms with Crippen molar-refractivity contribution in [1.29, 1.82) is 0 Å². The van der Waals surface area contributed by atoms with Gasteiger partial charge in [-0.05, 0) is 32.2 Å². The molecule has 0 aliphatic rings. The molecule has 0 unspecified atom stereocenters. The van der Waals surface area contributed by atoms with E-state index in [0.29, 0.717) is 23.9 Å². The van der Waals surface area contributed by atoms with Gasteiger partial charge in [0.2, 0.25) is 5.91 Å². The Morgan fingerprint density at radius 3 is 2.82 bits per heavy atom. The average Bonchev–Trinajstić information content (AvgIpc) is 2.47. The van der Waals surface area contributed by atoms with E-state index in [9.17, 15) is 14.0 Å². The van der Waals surface area contributed by atoms with Crippen LogP contribution in [0.15, 0.2) is 29.1 Å². The third kappa shape index (κ3) is 3.71. The largest absolute Gasteiger partial charge is 0.359 e. The van der Waals surface area contributed by atoms with Crippen molar-refractivity contribution in [1.82, 2.24) is 15.2 Å². The quantitative estimate of drug-likeness (QED) is 0.882. The SMILES string of the molecule is CNC(=O)C[C@@H](C)N(C)Cc1cc(=O)c2cc(F)ccc2[nH]1. The van der Waals surface area contributed by atoms with E-state index < -0.39 is 5.82 Å². The number of pyridine rings is 1. The van der Waals surface area contributed by atoms with Crippen LogP contribution in [0.3, 0.4) is 0 Å². The Hall–Kier alpha value is -2.21. The van der Waals surface area contributed by atoms with Crippen LogP contribution in [0, 0.1) is 5.82 Å². The minimum absolute atomic E-state index is 0.0261. The molecule has 0 saturated heterocycles. The molecule has 1 amide bonds. The molecule has 0 fully saturated rings. The van der Waals surface area contributed by atoms with E-state index in [1.807, 2.05) is 18.9 Å². The Kier molecular flexibility index (Phi) is 4.92. The van der Waals surface area contributed by atoms with Gasteiger partial charge in [0.05, 0.1) is 0 Å². The second kappa shape index (κ2) is 6.70. The number of hydrogen-bond donors (Lipinski definition) is 2. The molecule has 6 heteroatoms. The maximum Gasteiger partial charge on any atom is 0.221 e. The highest BCUT2D eigenvalue weighted by Crippen LogP contribution is 2.12. The van der Waals surface area contributed by atoms with Crippen LogP contribution in [-0.2, 0) is 11.3 Å². The van der Waals surface area contributed by atoms with Gasteiger partial charge >= 0.3 is 0 Å². The van der Waals surface area contributed by atoms with Crippen LogP contribution in [0.5, 0.6) is 0 Å². The second-order valence-corrected chi connectivity index (χ2v) is 5.49. The molecule has 1 aromatic heterocycles. The van der Waals surface area contributed by atoms with Gasteiger partial charge in [-0.15, -0.1) is 0 Å². The van der Waals surface area contributed by atoms with E-state index >= 15 is 0 Å². The summed E-state index contributed by atoms with van der Waals surface area (Å²) in [6, 6.07) is 5.62. The zero-order valence-electron chi connectivity index (χ0n) is 12.9. The highest BCUT2D eigenvalue weighted by molar-refractivity contribution is 5.78.